The van der Waals surface area contributed by atoms with Gasteiger partial charge >= 0.3 is 0 Å². The molecule has 0 spiro atoms. The molecule has 3 aromatic rings. The van der Waals surface area contributed by atoms with Crippen LogP contribution < -0.4 is 0 Å². The van der Waals surface area contributed by atoms with Crippen molar-refractivity contribution in [1.82, 2.24) is 15.0 Å². The standard InChI is InChI=1S/C11H8ClN3O/c1-6-2-3-8-11(13-6)15-10(14-8)7-4-5-16-9(7)12/h2-5H,1H3,(H,13,14,15). The van der Waals surface area contributed by atoms with Gasteiger partial charge in [0.25, 0.3) is 0 Å². The van der Waals surface area contributed by atoms with Crippen molar-refractivity contribution in [2.75, 3.05) is 0 Å². The third kappa shape index (κ3) is 1.39. The molecule has 0 aliphatic rings. The SMILES string of the molecule is Cc1ccc2[nH]c(-c3ccoc3Cl)nc2n1. The van der Waals surface area contributed by atoms with Gasteiger partial charge in [-0.1, -0.05) is 0 Å². The summed E-state index contributed by atoms with van der Waals surface area (Å²) in [6.45, 7) is 1.93. The number of hydrogen-bond donors (Lipinski definition) is 1. The van der Waals surface area contributed by atoms with Crippen LogP contribution in [0, 0.1) is 6.92 Å². The van der Waals surface area contributed by atoms with Crippen LogP contribution in [0.25, 0.3) is 22.6 Å². The lowest BCUT2D eigenvalue weighted by Crippen LogP contribution is -1.80. The molecular weight excluding hydrogens is 226 g/mol. The van der Waals surface area contributed by atoms with E-state index in [-0.39, 0.29) is 0 Å². The van der Waals surface area contributed by atoms with E-state index in [0.717, 1.165) is 16.8 Å². The Kier molecular flexibility index (Phi) is 1.97. The Morgan fingerprint density at radius 3 is 2.88 bits per heavy atom. The molecule has 0 radical (unpaired) electrons. The second-order valence-electron chi connectivity index (χ2n) is 3.52. The van der Waals surface area contributed by atoms with Gasteiger partial charge in [-0.05, 0) is 36.7 Å². The highest BCUT2D eigenvalue weighted by molar-refractivity contribution is 6.31. The van der Waals surface area contributed by atoms with Crippen LogP contribution in [0.3, 0.4) is 0 Å². The fourth-order valence-corrected chi connectivity index (χ4v) is 1.78. The maximum Gasteiger partial charge on any atom is 0.203 e. The van der Waals surface area contributed by atoms with Gasteiger partial charge < -0.3 is 9.40 Å². The first-order valence-electron chi connectivity index (χ1n) is 4.81. The molecule has 16 heavy (non-hydrogen) atoms. The topological polar surface area (TPSA) is 54.7 Å². The van der Waals surface area contributed by atoms with Crippen molar-refractivity contribution in [1.29, 1.82) is 0 Å². The summed E-state index contributed by atoms with van der Waals surface area (Å²) >= 11 is 5.89. The van der Waals surface area contributed by atoms with Crippen LogP contribution >= 0.6 is 11.6 Å². The highest BCUT2D eigenvalue weighted by atomic mass is 35.5. The summed E-state index contributed by atoms with van der Waals surface area (Å²) < 4.78 is 5.02. The van der Waals surface area contributed by atoms with Crippen LogP contribution in [-0.2, 0) is 0 Å². The van der Waals surface area contributed by atoms with Crippen LogP contribution in [0.4, 0.5) is 0 Å². The molecule has 3 aromatic heterocycles. The molecule has 0 aliphatic heterocycles. The fourth-order valence-electron chi connectivity index (χ4n) is 1.58. The average molecular weight is 234 g/mol. The molecule has 4 nitrogen and oxygen atoms in total. The van der Waals surface area contributed by atoms with Crippen molar-refractivity contribution in [2.45, 2.75) is 6.92 Å². The van der Waals surface area contributed by atoms with E-state index in [9.17, 15) is 0 Å². The number of hydrogen-bond acceptors (Lipinski definition) is 3. The second-order valence-corrected chi connectivity index (χ2v) is 3.86. The highest BCUT2D eigenvalue weighted by Crippen LogP contribution is 2.27. The van der Waals surface area contributed by atoms with Gasteiger partial charge in [-0.15, -0.1) is 0 Å². The quantitative estimate of drug-likeness (QED) is 0.702. The second kappa shape index (κ2) is 3.35. The molecule has 0 saturated carbocycles. The zero-order valence-corrected chi connectivity index (χ0v) is 9.25. The van der Waals surface area contributed by atoms with Crippen LogP contribution in [0.2, 0.25) is 5.22 Å². The number of aryl methyl sites for hydroxylation is 1. The zero-order valence-electron chi connectivity index (χ0n) is 8.49. The molecular formula is C11H8ClN3O. The van der Waals surface area contributed by atoms with Gasteiger partial charge in [-0.25, -0.2) is 9.97 Å². The van der Waals surface area contributed by atoms with Crippen LogP contribution in [0.15, 0.2) is 28.9 Å². The highest BCUT2D eigenvalue weighted by Gasteiger charge is 2.11. The van der Waals surface area contributed by atoms with Gasteiger partial charge in [0.05, 0.1) is 17.3 Å². The number of fused-ring (bicyclic) bond motifs is 1. The van der Waals surface area contributed by atoms with Crippen molar-refractivity contribution in [2.24, 2.45) is 0 Å². The number of rotatable bonds is 1. The van der Waals surface area contributed by atoms with E-state index in [0.29, 0.717) is 16.7 Å². The Bertz CT molecular complexity index is 656. The summed E-state index contributed by atoms with van der Waals surface area (Å²) in [6, 6.07) is 5.65. The lowest BCUT2D eigenvalue weighted by atomic mass is 10.3. The lowest BCUT2D eigenvalue weighted by molar-refractivity contribution is 0.570. The summed E-state index contributed by atoms with van der Waals surface area (Å²) in [5, 5.41) is 0.329. The molecule has 1 N–H and O–H groups in total. The van der Waals surface area contributed by atoms with Crippen molar-refractivity contribution in [3.05, 3.63) is 35.4 Å². The lowest BCUT2D eigenvalue weighted by Gasteiger charge is -1.88. The largest absolute Gasteiger partial charge is 0.452 e. The summed E-state index contributed by atoms with van der Waals surface area (Å²) in [4.78, 5) is 11.8. The number of nitrogens with zero attached hydrogens (tertiary/aromatic N) is 2. The fraction of sp³-hybridized carbons (Fsp3) is 0.0909. The molecule has 0 unspecified atom stereocenters. The average Bonchev–Trinajstić information content (AvgIpc) is 2.82. The monoisotopic (exact) mass is 233 g/mol. The van der Waals surface area contributed by atoms with Crippen LogP contribution in [0.1, 0.15) is 5.69 Å². The van der Waals surface area contributed by atoms with Gasteiger partial charge in [-0.2, -0.15) is 0 Å². The zero-order chi connectivity index (χ0) is 11.1. The normalized spacial score (nSPS) is 11.1. The Morgan fingerprint density at radius 1 is 1.25 bits per heavy atom. The first kappa shape index (κ1) is 9.42. The number of halogens is 1. The molecule has 0 aliphatic carbocycles. The number of H-pyrrole nitrogens is 1. The van der Waals surface area contributed by atoms with E-state index in [2.05, 4.69) is 15.0 Å². The van der Waals surface area contributed by atoms with Crippen molar-refractivity contribution >= 4 is 22.8 Å². The Labute approximate surface area is 96.3 Å². The summed E-state index contributed by atoms with van der Waals surface area (Å²) in [5.41, 5.74) is 3.26. The van der Waals surface area contributed by atoms with Crippen LogP contribution in [0.5, 0.6) is 0 Å². The Balaban J connectivity index is 2.23. The molecule has 0 fully saturated rings. The van der Waals surface area contributed by atoms with Crippen molar-refractivity contribution < 1.29 is 4.42 Å². The third-order valence-corrected chi connectivity index (χ3v) is 2.65. The van der Waals surface area contributed by atoms with Gasteiger partial charge in [0, 0.05) is 5.69 Å². The number of pyridine rings is 1. The molecule has 0 saturated heterocycles. The van der Waals surface area contributed by atoms with E-state index in [1.165, 1.54) is 6.26 Å². The van der Waals surface area contributed by atoms with Crippen LogP contribution in [-0.4, -0.2) is 15.0 Å². The summed E-state index contributed by atoms with van der Waals surface area (Å²) in [5.74, 6) is 0.673. The molecule has 0 bridgehead atoms. The minimum atomic E-state index is 0.329. The van der Waals surface area contributed by atoms with E-state index in [1.54, 1.807) is 6.07 Å². The van der Waals surface area contributed by atoms with E-state index in [1.807, 2.05) is 19.1 Å². The molecule has 80 valence electrons. The summed E-state index contributed by atoms with van der Waals surface area (Å²) in [6.07, 6.45) is 1.53. The molecule has 0 aromatic carbocycles. The Morgan fingerprint density at radius 2 is 2.12 bits per heavy atom. The van der Waals surface area contributed by atoms with Gasteiger partial charge in [-0.3, -0.25) is 0 Å². The van der Waals surface area contributed by atoms with E-state index in [4.69, 9.17) is 16.0 Å². The third-order valence-electron chi connectivity index (χ3n) is 2.36. The van der Waals surface area contributed by atoms with E-state index >= 15 is 0 Å². The number of aromatic amines is 1. The number of nitrogens with one attached hydrogen (secondary N) is 1. The maximum absolute atomic E-state index is 5.89. The first-order valence-corrected chi connectivity index (χ1v) is 5.18. The molecule has 3 heterocycles. The van der Waals surface area contributed by atoms with Gasteiger partial charge in [0.15, 0.2) is 5.65 Å². The minimum Gasteiger partial charge on any atom is -0.452 e. The predicted molar refractivity (Wildman–Crippen MR) is 61.3 cm³/mol. The number of imidazole rings is 1. The first-order chi connectivity index (χ1) is 7.74. The minimum absolute atomic E-state index is 0.329. The molecule has 5 heteroatoms. The number of furan rings is 1. The molecule has 0 amide bonds. The Hall–Kier alpha value is -1.81. The van der Waals surface area contributed by atoms with Gasteiger partial charge in [0.2, 0.25) is 5.22 Å². The predicted octanol–water partition coefficient (Wildman–Crippen LogP) is 3.18. The maximum atomic E-state index is 5.89. The smallest absolute Gasteiger partial charge is 0.203 e. The van der Waals surface area contributed by atoms with E-state index < -0.39 is 0 Å². The van der Waals surface area contributed by atoms with Crippen molar-refractivity contribution in [3.8, 4) is 11.4 Å². The number of aromatic nitrogens is 3. The molecule has 3 rings (SSSR count). The summed E-state index contributed by atoms with van der Waals surface area (Å²) in [7, 11) is 0. The molecule has 0 atom stereocenters. The van der Waals surface area contributed by atoms with Gasteiger partial charge in [0.1, 0.15) is 5.82 Å². The van der Waals surface area contributed by atoms with Crippen molar-refractivity contribution in [3.63, 3.8) is 0 Å².